The molecule has 0 bridgehead atoms. The molecule has 0 radical (unpaired) electrons. The summed E-state index contributed by atoms with van der Waals surface area (Å²) >= 11 is 0. The van der Waals surface area contributed by atoms with E-state index in [1.165, 1.54) is 0 Å². The van der Waals surface area contributed by atoms with Crippen LogP contribution in [-0.4, -0.2) is 48.6 Å². The first kappa shape index (κ1) is 44.4. The average molecular weight is 751 g/mol. The lowest BCUT2D eigenvalue weighted by Crippen LogP contribution is -2.30. The molecule has 2 rings (SSSR count). The van der Waals surface area contributed by atoms with Gasteiger partial charge in [0, 0.05) is 42.7 Å². The van der Waals surface area contributed by atoms with Gasteiger partial charge in [0.05, 0.1) is 18.6 Å². The zero-order chi connectivity index (χ0) is 40.2. The van der Waals surface area contributed by atoms with E-state index >= 15 is 0 Å². The van der Waals surface area contributed by atoms with Crippen molar-refractivity contribution in [1.29, 1.82) is 5.41 Å². The minimum Gasteiger partial charge on any atom is -0.387 e. The summed E-state index contributed by atoms with van der Waals surface area (Å²) in [5, 5.41) is 24.6. The highest BCUT2D eigenvalue weighted by Crippen LogP contribution is 2.27. The molecule has 2 aromatic carbocycles. The molecule has 0 saturated heterocycles. The molecule has 0 saturated carbocycles. The van der Waals surface area contributed by atoms with E-state index in [0.717, 1.165) is 60.8 Å². The van der Waals surface area contributed by atoms with Crippen LogP contribution in [0, 0.1) is 5.41 Å². The van der Waals surface area contributed by atoms with E-state index in [0.29, 0.717) is 30.8 Å². The molecule has 2 aromatic rings. The molecule has 20 N–H and O–H groups in total. The van der Waals surface area contributed by atoms with Gasteiger partial charge in [0.2, 0.25) is 23.7 Å². The summed E-state index contributed by atoms with van der Waals surface area (Å²) in [6.45, 7) is 8.42. The predicted octanol–water partition coefficient (Wildman–Crippen LogP) is 2.03. The topological polar surface area (TPSA) is 337 Å². The number of benzene rings is 2. The van der Waals surface area contributed by atoms with E-state index in [9.17, 15) is 9.59 Å². The SMILES string of the molecule is CC(CN=C(N)N)c1cc(NC(=O)CCCCCCCCC(=O)Nc2cc(C(C)NCC(=N)N)cc(C(C)NN=C(N)N)c2)cc(C(C)NN=C(N)N)c1. The molecule has 4 unspecified atom stereocenters. The molecule has 0 aromatic heterocycles. The lowest BCUT2D eigenvalue weighted by Gasteiger charge is -2.20. The summed E-state index contributed by atoms with van der Waals surface area (Å²) in [5.74, 6) is -0.278. The Labute approximate surface area is 318 Å². The van der Waals surface area contributed by atoms with Crippen LogP contribution in [0.3, 0.4) is 0 Å². The van der Waals surface area contributed by atoms with Crippen LogP contribution >= 0.6 is 0 Å². The van der Waals surface area contributed by atoms with Crippen molar-refractivity contribution in [2.75, 3.05) is 23.7 Å². The van der Waals surface area contributed by atoms with Crippen molar-refractivity contribution in [3.8, 4) is 0 Å². The normalized spacial score (nSPS) is 13.0. The number of guanidine groups is 3. The molecule has 0 aliphatic heterocycles. The first-order valence-electron chi connectivity index (χ1n) is 18.2. The van der Waals surface area contributed by atoms with Crippen molar-refractivity contribution < 1.29 is 9.59 Å². The van der Waals surface area contributed by atoms with Crippen LogP contribution in [0.5, 0.6) is 0 Å². The summed E-state index contributed by atoms with van der Waals surface area (Å²) in [6, 6.07) is 11.0. The average Bonchev–Trinajstić information content (AvgIpc) is 3.11. The lowest BCUT2D eigenvalue weighted by molar-refractivity contribution is -0.117. The van der Waals surface area contributed by atoms with E-state index in [1.807, 2.05) is 64.1 Å². The number of carbonyl (C=O) groups excluding carboxylic acids is 2. The van der Waals surface area contributed by atoms with E-state index < -0.39 is 0 Å². The highest BCUT2D eigenvalue weighted by atomic mass is 16.2. The zero-order valence-corrected chi connectivity index (χ0v) is 32.0. The fraction of sp³-hybridized carbons (Fsp3) is 0.500. The third kappa shape index (κ3) is 17.6. The Balaban J connectivity index is 1.86. The Bertz CT molecular complexity index is 1570. The standard InChI is InChI=1S/C36H62N16O2/c1-21(19-46-34(39)40)25-13-27(23(3)49-51-35(41)42)17-29(15-25)47-32(53)11-9-7-5-6-8-10-12-33(54)48-30-16-26(22(2)45-20-31(37)38)14-28(18-30)24(4)50-52-36(43)44/h13-18,21-24,45,49-50H,5-12,19-20H2,1-4H3,(H3,37,38)(H,47,53)(H,48,54)(H4,39,40,46)(H4,41,42,51)(H4,43,44,52). The van der Waals surface area contributed by atoms with Crippen molar-refractivity contribution >= 4 is 46.9 Å². The fourth-order valence-corrected chi connectivity index (χ4v) is 5.48. The van der Waals surface area contributed by atoms with Crippen LogP contribution in [0.15, 0.2) is 51.6 Å². The third-order valence-corrected chi connectivity index (χ3v) is 8.57. The fourth-order valence-electron chi connectivity index (χ4n) is 5.48. The smallest absolute Gasteiger partial charge is 0.224 e. The minimum absolute atomic E-state index is 0.00640. The number of amidine groups is 1. The van der Waals surface area contributed by atoms with Crippen LogP contribution in [0.2, 0.25) is 0 Å². The number of anilines is 2. The van der Waals surface area contributed by atoms with E-state index in [-0.39, 0.29) is 66.1 Å². The summed E-state index contributed by atoms with van der Waals surface area (Å²) in [7, 11) is 0. The number of hydrogen-bond acceptors (Lipinski definition) is 9. The van der Waals surface area contributed by atoms with Gasteiger partial charge in [-0.1, -0.05) is 44.7 Å². The second kappa shape index (κ2) is 23.0. The molecule has 18 nitrogen and oxygen atoms in total. The van der Waals surface area contributed by atoms with Gasteiger partial charge in [-0.25, -0.2) is 0 Å². The summed E-state index contributed by atoms with van der Waals surface area (Å²) in [5.41, 5.74) is 49.2. The van der Waals surface area contributed by atoms with Gasteiger partial charge in [0.25, 0.3) is 0 Å². The molecule has 0 aliphatic rings. The highest BCUT2D eigenvalue weighted by Gasteiger charge is 2.15. The largest absolute Gasteiger partial charge is 0.387 e. The number of aliphatic imine (C=N–C) groups is 1. The molecule has 4 atom stereocenters. The van der Waals surface area contributed by atoms with E-state index in [2.05, 4.69) is 42.0 Å². The maximum atomic E-state index is 12.9. The van der Waals surface area contributed by atoms with E-state index in [1.54, 1.807) is 0 Å². The summed E-state index contributed by atoms with van der Waals surface area (Å²) in [6.07, 6.45) is 5.98. The van der Waals surface area contributed by atoms with Gasteiger partial charge in [0.15, 0.2) is 5.96 Å². The number of nitrogens with one attached hydrogen (secondary N) is 6. The second-order valence-corrected chi connectivity index (χ2v) is 13.6. The monoisotopic (exact) mass is 751 g/mol. The molecule has 298 valence electrons. The minimum atomic E-state index is -0.237. The number of nitrogens with zero attached hydrogens (tertiary/aromatic N) is 3. The van der Waals surface area contributed by atoms with Crippen molar-refractivity contribution in [3.63, 3.8) is 0 Å². The molecule has 2 amide bonds. The molecular weight excluding hydrogens is 689 g/mol. The number of nitrogens with two attached hydrogens (primary N) is 7. The van der Waals surface area contributed by atoms with Crippen LogP contribution in [-0.2, 0) is 9.59 Å². The molecule has 0 aliphatic carbocycles. The number of hydrazone groups is 2. The number of amides is 2. The summed E-state index contributed by atoms with van der Waals surface area (Å²) < 4.78 is 0. The van der Waals surface area contributed by atoms with E-state index in [4.69, 9.17) is 45.5 Å². The lowest BCUT2D eigenvalue weighted by atomic mass is 9.96. The Morgan fingerprint density at radius 2 is 1.00 bits per heavy atom. The van der Waals surface area contributed by atoms with Gasteiger partial charge < -0.3 is 56.1 Å². The van der Waals surface area contributed by atoms with Crippen molar-refractivity contribution in [2.24, 2.45) is 55.3 Å². The molecule has 54 heavy (non-hydrogen) atoms. The predicted molar refractivity (Wildman–Crippen MR) is 219 cm³/mol. The van der Waals surface area contributed by atoms with Crippen molar-refractivity contribution in [3.05, 3.63) is 58.7 Å². The molecule has 0 spiro atoms. The number of rotatable bonds is 24. The van der Waals surface area contributed by atoms with Crippen LogP contribution < -0.4 is 66.9 Å². The first-order valence-corrected chi connectivity index (χ1v) is 18.2. The summed E-state index contributed by atoms with van der Waals surface area (Å²) in [4.78, 5) is 29.9. The second-order valence-electron chi connectivity index (χ2n) is 13.6. The highest BCUT2D eigenvalue weighted by molar-refractivity contribution is 5.91. The Kier molecular flexibility index (Phi) is 18.9. The Morgan fingerprint density at radius 1 is 0.593 bits per heavy atom. The molecule has 0 fully saturated rings. The van der Waals surface area contributed by atoms with Gasteiger partial charge >= 0.3 is 0 Å². The van der Waals surface area contributed by atoms with Crippen LogP contribution in [0.25, 0.3) is 0 Å². The number of unbranched alkanes of at least 4 members (excludes halogenated alkanes) is 5. The van der Waals surface area contributed by atoms with Gasteiger partial charge in [-0.15, -0.1) is 10.2 Å². The maximum Gasteiger partial charge on any atom is 0.224 e. The van der Waals surface area contributed by atoms with Crippen molar-refractivity contribution in [1.82, 2.24) is 16.2 Å². The number of carbonyl (C=O) groups is 2. The third-order valence-electron chi connectivity index (χ3n) is 8.57. The number of hydrogen-bond donors (Lipinski definition) is 13. The Hall–Kier alpha value is -5.78. The van der Waals surface area contributed by atoms with Gasteiger partial charge in [-0.2, -0.15) is 0 Å². The zero-order valence-electron chi connectivity index (χ0n) is 32.0. The maximum absolute atomic E-state index is 12.9. The van der Waals surface area contributed by atoms with Gasteiger partial charge in [-0.3, -0.25) is 30.8 Å². The van der Waals surface area contributed by atoms with Crippen LogP contribution in [0.4, 0.5) is 11.4 Å². The van der Waals surface area contributed by atoms with Gasteiger partial charge in [0.1, 0.15) is 5.84 Å². The first-order chi connectivity index (χ1) is 25.5. The molecular formula is C36H62N16O2. The Morgan fingerprint density at radius 3 is 1.43 bits per heavy atom. The quantitative estimate of drug-likeness (QED) is 0.0317. The van der Waals surface area contributed by atoms with Crippen LogP contribution in [0.1, 0.15) is 125 Å². The van der Waals surface area contributed by atoms with Crippen molar-refractivity contribution in [2.45, 2.75) is 103 Å². The molecule has 0 heterocycles. The molecule has 18 heteroatoms. The van der Waals surface area contributed by atoms with Gasteiger partial charge in [-0.05, 0) is 80.1 Å².